The Labute approximate surface area is 102 Å². The molecule has 0 aliphatic rings. The minimum absolute atomic E-state index is 0.00854. The Kier molecular flexibility index (Phi) is 4.59. The molecule has 0 saturated carbocycles. The topological polar surface area (TPSA) is 95.9 Å². The van der Waals surface area contributed by atoms with Crippen LogP contribution in [0.4, 0.5) is 10.5 Å². The van der Waals surface area contributed by atoms with E-state index in [0.29, 0.717) is 0 Å². The Morgan fingerprint density at radius 1 is 1.41 bits per heavy atom. The van der Waals surface area contributed by atoms with Crippen molar-refractivity contribution in [3.05, 3.63) is 23.8 Å². The zero-order chi connectivity index (χ0) is 12.8. The fourth-order valence-corrected chi connectivity index (χ4v) is 1.22. The van der Waals surface area contributed by atoms with E-state index < -0.39 is 23.4 Å². The van der Waals surface area contributed by atoms with Gasteiger partial charge in [-0.3, -0.25) is 5.32 Å². The van der Waals surface area contributed by atoms with Gasteiger partial charge in [-0.05, 0) is 12.1 Å². The van der Waals surface area contributed by atoms with Crippen molar-refractivity contribution >= 4 is 29.4 Å². The Morgan fingerprint density at radius 3 is 2.71 bits per heavy atom. The number of aromatic carboxylic acids is 1. The van der Waals surface area contributed by atoms with E-state index in [1.54, 1.807) is 0 Å². The zero-order valence-electron chi connectivity index (χ0n) is 8.64. The minimum Gasteiger partial charge on any atom is -0.507 e. The molecule has 0 radical (unpaired) electrons. The maximum absolute atomic E-state index is 11.2. The van der Waals surface area contributed by atoms with Crippen LogP contribution in [0, 0.1) is 0 Å². The summed E-state index contributed by atoms with van der Waals surface area (Å²) in [7, 11) is 0. The molecule has 0 aromatic heterocycles. The number of anilines is 1. The van der Waals surface area contributed by atoms with Gasteiger partial charge in [0.25, 0.3) is 0 Å². The largest absolute Gasteiger partial charge is 0.507 e. The Balaban J connectivity index is 2.87. The second kappa shape index (κ2) is 5.95. The van der Waals surface area contributed by atoms with Gasteiger partial charge >= 0.3 is 12.1 Å². The third kappa shape index (κ3) is 3.53. The maximum atomic E-state index is 11.2. The van der Waals surface area contributed by atoms with E-state index in [-0.39, 0.29) is 18.2 Å². The van der Waals surface area contributed by atoms with Gasteiger partial charge in [0.2, 0.25) is 0 Å². The lowest BCUT2D eigenvalue weighted by Crippen LogP contribution is -2.17. The van der Waals surface area contributed by atoms with Crippen molar-refractivity contribution in [3.63, 3.8) is 0 Å². The van der Waals surface area contributed by atoms with E-state index in [4.69, 9.17) is 16.7 Å². The second-order valence-corrected chi connectivity index (χ2v) is 3.33. The fourth-order valence-electron chi connectivity index (χ4n) is 1.15. The summed E-state index contributed by atoms with van der Waals surface area (Å²) >= 11 is 5.32. The van der Waals surface area contributed by atoms with Gasteiger partial charge in [-0.2, -0.15) is 0 Å². The van der Waals surface area contributed by atoms with Crippen LogP contribution >= 0.6 is 11.6 Å². The smallest absolute Gasteiger partial charge is 0.411 e. The standard InChI is InChI=1S/C10H10ClNO5/c11-4-5-17-10(16)12-6-2-1-3-7(13)8(6)9(14)15/h1-3,13H,4-5H2,(H,12,16)(H,14,15). The third-order valence-corrected chi connectivity index (χ3v) is 1.96. The molecule has 17 heavy (non-hydrogen) atoms. The van der Waals surface area contributed by atoms with Crippen LogP contribution < -0.4 is 5.32 Å². The van der Waals surface area contributed by atoms with Crippen LogP contribution in [-0.4, -0.2) is 34.8 Å². The fraction of sp³-hybridized carbons (Fsp3) is 0.200. The summed E-state index contributed by atoms with van der Waals surface area (Å²) in [5.74, 6) is -1.65. The number of alkyl halides is 1. The third-order valence-electron chi connectivity index (χ3n) is 1.80. The monoisotopic (exact) mass is 259 g/mol. The van der Waals surface area contributed by atoms with Gasteiger partial charge in [0.05, 0.1) is 11.6 Å². The molecule has 0 aliphatic heterocycles. The number of halogens is 1. The molecule has 6 nitrogen and oxygen atoms in total. The van der Waals surface area contributed by atoms with Crippen molar-refractivity contribution in [1.29, 1.82) is 0 Å². The number of carboxylic acid groups (broad SMARTS) is 1. The van der Waals surface area contributed by atoms with Crippen LogP contribution in [-0.2, 0) is 4.74 Å². The van der Waals surface area contributed by atoms with Gasteiger partial charge in [0.15, 0.2) is 0 Å². The van der Waals surface area contributed by atoms with E-state index >= 15 is 0 Å². The number of benzene rings is 1. The molecular formula is C10H10ClNO5. The second-order valence-electron chi connectivity index (χ2n) is 2.95. The first-order valence-corrected chi connectivity index (χ1v) is 5.14. The van der Waals surface area contributed by atoms with E-state index in [0.717, 1.165) is 0 Å². The molecule has 0 aliphatic carbocycles. The first-order valence-electron chi connectivity index (χ1n) is 4.61. The maximum Gasteiger partial charge on any atom is 0.411 e. The molecule has 0 spiro atoms. The molecule has 0 atom stereocenters. The van der Waals surface area contributed by atoms with Gasteiger partial charge in [-0.1, -0.05) is 6.07 Å². The van der Waals surface area contributed by atoms with Crippen LogP contribution in [0.25, 0.3) is 0 Å². The van der Waals surface area contributed by atoms with Crippen molar-refractivity contribution in [3.8, 4) is 5.75 Å². The molecule has 0 heterocycles. The highest BCUT2D eigenvalue weighted by molar-refractivity contribution is 6.18. The summed E-state index contributed by atoms with van der Waals surface area (Å²) < 4.78 is 4.61. The van der Waals surface area contributed by atoms with Crippen LogP contribution in [0.2, 0.25) is 0 Å². The molecule has 1 rings (SSSR count). The lowest BCUT2D eigenvalue weighted by Gasteiger charge is -2.09. The summed E-state index contributed by atoms with van der Waals surface area (Å²) in [6.07, 6.45) is -0.834. The number of hydrogen-bond donors (Lipinski definition) is 3. The summed E-state index contributed by atoms with van der Waals surface area (Å²) in [5.41, 5.74) is -0.438. The molecule has 0 fully saturated rings. The quantitative estimate of drug-likeness (QED) is 0.718. The van der Waals surface area contributed by atoms with Crippen molar-refractivity contribution in [2.75, 3.05) is 17.8 Å². The molecular weight excluding hydrogens is 250 g/mol. The number of carbonyl (C=O) groups is 2. The summed E-state index contributed by atoms with van der Waals surface area (Å²) in [6, 6.07) is 3.95. The zero-order valence-corrected chi connectivity index (χ0v) is 9.40. The van der Waals surface area contributed by atoms with Crippen LogP contribution in [0.3, 0.4) is 0 Å². The van der Waals surface area contributed by atoms with Gasteiger partial charge in [0.1, 0.15) is 17.9 Å². The number of ether oxygens (including phenoxy) is 1. The van der Waals surface area contributed by atoms with Crippen LogP contribution in [0.1, 0.15) is 10.4 Å². The predicted octanol–water partition coefficient (Wildman–Crippen LogP) is 1.88. The number of rotatable bonds is 4. The summed E-state index contributed by atoms with van der Waals surface area (Å²) in [4.78, 5) is 22.1. The predicted molar refractivity (Wildman–Crippen MR) is 60.8 cm³/mol. The average molecular weight is 260 g/mol. The molecule has 7 heteroatoms. The Bertz CT molecular complexity index is 435. The average Bonchev–Trinajstić information content (AvgIpc) is 2.25. The Morgan fingerprint density at radius 2 is 2.12 bits per heavy atom. The molecule has 0 unspecified atom stereocenters. The molecule has 0 saturated heterocycles. The van der Waals surface area contributed by atoms with Gasteiger partial charge < -0.3 is 14.9 Å². The number of hydrogen-bond acceptors (Lipinski definition) is 4. The molecule has 1 aromatic rings. The van der Waals surface area contributed by atoms with Gasteiger partial charge in [-0.25, -0.2) is 9.59 Å². The number of phenols is 1. The van der Waals surface area contributed by atoms with Crippen LogP contribution in [0.5, 0.6) is 5.75 Å². The highest BCUT2D eigenvalue weighted by Crippen LogP contribution is 2.25. The van der Waals surface area contributed by atoms with Gasteiger partial charge in [-0.15, -0.1) is 11.6 Å². The number of aromatic hydroxyl groups is 1. The first-order chi connectivity index (χ1) is 8.06. The lowest BCUT2D eigenvalue weighted by molar-refractivity contribution is 0.0695. The molecule has 1 aromatic carbocycles. The highest BCUT2D eigenvalue weighted by atomic mass is 35.5. The van der Waals surface area contributed by atoms with Crippen molar-refractivity contribution in [1.82, 2.24) is 0 Å². The van der Waals surface area contributed by atoms with E-state index in [2.05, 4.69) is 10.1 Å². The Hall–Kier alpha value is -1.95. The number of carbonyl (C=O) groups excluding carboxylic acids is 1. The molecule has 92 valence electrons. The van der Waals surface area contributed by atoms with Crippen molar-refractivity contribution in [2.24, 2.45) is 0 Å². The molecule has 1 amide bonds. The van der Waals surface area contributed by atoms with Crippen LogP contribution in [0.15, 0.2) is 18.2 Å². The van der Waals surface area contributed by atoms with E-state index in [1.165, 1.54) is 18.2 Å². The number of nitrogens with one attached hydrogen (secondary N) is 1. The van der Waals surface area contributed by atoms with Gasteiger partial charge in [0, 0.05) is 0 Å². The number of carboxylic acids is 1. The minimum atomic E-state index is -1.35. The highest BCUT2D eigenvalue weighted by Gasteiger charge is 2.17. The normalized spacial score (nSPS) is 9.71. The van der Waals surface area contributed by atoms with Crippen molar-refractivity contribution in [2.45, 2.75) is 0 Å². The number of amides is 1. The summed E-state index contributed by atoms with van der Waals surface area (Å²) in [6.45, 7) is 0.00854. The first kappa shape index (κ1) is 13.1. The SMILES string of the molecule is O=C(Nc1cccc(O)c1C(=O)O)OCCCl. The summed E-state index contributed by atoms with van der Waals surface area (Å²) in [5, 5.41) is 20.4. The van der Waals surface area contributed by atoms with Crippen molar-refractivity contribution < 1.29 is 24.5 Å². The molecule has 3 N–H and O–H groups in total. The van der Waals surface area contributed by atoms with E-state index in [9.17, 15) is 14.7 Å². The molecule has 0 bridgehead atoms. The van der Waals surface area contributed by atoms with E-state index in [1.807, 2.05) is 0 Å². The lowest BCUT2D eigenvalue weighted by atomic mass is 10.1.